The Morgan fingerprint density at radius 2 is 2.11 bits per heavy atom. The number of hydrogen-bond acceptors (Lipinski definition) is 4. The van der Waals surface area contributed by atoms with Crippen LogP contribution in [0.1, 0.15) is 14.5 Å². The third-order valence-electron chi connectivity index (χ3n) is 2.11. The summed E-state index contributed by atoms with van der Waals surface area (Å²) in [5.74, 6) is -1.44. The van der Waals surface area contributed by atoms with Crippen molar-refractivity contribution < 1.29 is 14.7 Å². The molecule has 0 saturated carbocycles. The van der Waals surface area contributed by atoms with Crippen LogP contribution >= 0.6 is 34.3 Å². The van der Waals surface area contributed by atoms with Crippen molar-refractivity contribution in [3.63, 3.8) is 0 Å². The van der Waals surface area contributed by atoms with Crippen LogP contribution in [0.25, 0.3) is 6.08 Å². The summed E-state index contributed by atoms with van der Waals surface area (Å²) in [6, 6.07) is 5.09. The molecule has 2 N–H and O–H groups in total. The van der Waals surface area contributed by atoms with E-state index in [2.05, 4.69) is 5.32 Å². The van der Waals surface area contributed by atoms with E-state index in [4.69, 9.17) is 16.7 Å². The van der Waals surface area contributed by atoms with Crippen LogP contribution < -0.4 is 5.32 Å². The molecule has 4 nitrogen and oxygen atoms in total. The molecule has 0 aliphatic carbocycles. The van der Waals surface area contributed by atoms with Crippen molar-refractivity contribution in [2.75, 3.05) is 5.32 Å². The van der Waals surface area contributed by atoms with Crippen LogP contribution in [0.5, 0.6) is 0 Å². The Morgan fingerprint density at radius 1 is 1.32 bits per heavy atom. The Morgan fingerprint density at radius 3 is 2.74 bits per heavy atom. The van der Waals surface area contributed by atoms with Gasteiger partial charge in [0.15, 0.2) is 0 Å². The maximum absolute atomic E-state index is 11.7. The number of halogens is 1. The molecule has 0 radical (unpaired) electrons. The third-order valence-corrected chi connectivity index (χ3v) is 4.21. The molecule has 2 aromatic rings. The van der Waals surface area contributed by atoms with Crippen molar-refractivity contribution >= 4 is 57.9 Å². The summed E-state index contributed by atoms with van der Waals surface area (Å²) in [4.78, 5) is 23.5. The van der Waals surface area contributed by atoms with Gasteiger partial charge in [-0.1, -0.05) is 11.6 Å². The molecule has 7 heteroatoms. The third kappa shape index (κ3) is 3.66. The molecule has 0 saturated heterocycles. The van der Waals surface area contributed by atoms with Crippen LogP contribution in [0.2, 0.25) is 4.34 Å². The zero-order valence-corrected chi connectivity index (χ0v) is 11.8. The first-order valence-corrected chi connectivity index (χ1v) is 7.19. The highest BCUT2D eigenvalue weighted by atomic mass is 35.5. The highest BCUT2D eigenvalue weighted by Crippen LogP contribution is 2.23. The van der Waals surface area contributed by atoms with Crippen molar-refractivity contribution in [2.45, 2.75) is 0 Å². The van der Waals surface area contributed by atoms with Gasteiger partial charge in [0.05, 0.1) is 10.0 Å². The Bertz CT molecular complexity index is 645. The molecule has 2 rings (SSSR count). The number of carboxylic acids is 1. The highest BCUT2D eigenvalue weighted by Gasteiger charge is 2.12. The molecular formula is C12H8ClNO3S2. The van der Waals surface area contributed by atoms with E-state index in [1.165, 1.54) is 17.4 Å². The Labute approximate surface area is 122 Å². The lowest BCUT2D eigenvalue weighted by atomic mass is 10.3. The van der Waals surface area contributed by atoms with Gasteiger partial charge in [-0.2, -0.15) is 0 Å². The average molecular weight is 314 g/mol. The van der Waals surface area contributed by atoms with Gasteiger partial charge in [-0.3, -0.25) is 4.79 Å². The van der Waals surface area contributed by atoms with E-state index in [0.717, 1.165) is 16.2 Å². The summed E-state index contributed by atoms with van der Waals surface area (Å²) in [6.45, 7) is 0. The van der Waals surface area contributed by atoms with Crippen LogP contribution in [0.4, 0.5) is 5.69 Å². The number of nitrogens with one attached hydrogen (secondary N) is 1. The molecule has 0 aromatic carbocycles. The molecule has 0 aliphatic rings. The monoisotopic (exact) mass is 313 g/mol. The van der Waals surface area contributed by atoms with Crippen molar-refractivity contribution in [3.8, 4) is 0 Å². The fraction of sp³-hybridized carbons (Fsp3) is 0. The van der Waals surface area contributed by atoms with E-state index in [1.54, 1.807) is 29.7 Å². The number of hydrogen-bond donors (Lipinski definition) is 2. The summed E-state index contributed by atoms with van der Waals surface area (Å²) >= 11 is 8.18. The molecule has 0 bridgehead atoms. The lowest BCUT2D eigenvalue weighted by Gasteiger charge is -2.00. The quantitative estimate of drug-likeness (QED) is 0.843. The van der Waals surface area contributed by atoms with Crippen molar-refractivity contribution in [3.05, 3.63) is 43.7 Å². The number of amides is 1. The van der Waals surface area contributed by atoms with Gasteiger partial charge < -0.3 is 10.4 Å². The van der Waals surface area contributed by atoms with E-state index in [0.29, 0.717) is 10.0 Å². The van der Waals surface area contributed by atoms with E-state index in [1.807, 2.05) is 0 Å². The highest BCUT2D eigenvalue weighted by molar-refractivity contribution is 7.17. The predicted molar refractivity (Wildman–Crippen MR) is 78.3 cm³/mol. The number of carbonyl (C=O) groups excluding carboxylic acids is 1. The van der Waals surface area contributed by atoms with Crippen molar-refractivity contribution in [2.24, 2.45) is 0 Å². The topological polar surface area (TPSA) is 66.4 Å². The van der Waals surface area contributed by atoms with Crippen LogP contribution in [0.15, 0.2) is 29.7 Å². The lowest BCUT2D eigenvalue weighted by molar-refractivity contribution is -0.111. The van der Waals surface area contributed by atoms with E-state index in [9.17, 15) is 9.59 Å². The average Bonchev–Trinajstić information content (AvgIpc) is 2.95. The van der Waals surface area contributed by atoms with Crippen molar-refractivity contribution in [1.82, 2.24) is 0 Å². The molecule has 0 fully saturated rings. The van der Waals surface area contributed by atoms with Crippen molar-refractivity contribution in [1.29, 1.82) is 0 Å². The smallest absolute Gasteiger partial charge is 0.348 e. The number of carbonyl (C=O) groups is 2. The molecule has 0 spiro atoms. The van der Waals surface area contributed by atoms with Gasteiger partial charge in [0.1, 0.15) is 4.88 Å². The van der Waals surface area contributed by atoms with Gasteiger partial charge in [0, 0.05) is 11.0 Å². The standard InChI is InChI=1S/C12H8ClNO3S2/c13-9-3-1-7(19-9)2-4-10(15)14-8-5-6-18-11(8)12(16)17/h1-6H,(H,14,15)(H,16,17)/b4-2+. The summed E-state index contributed by atoms with van der Waals surface area (Å²) < 4.78 is 0.644. The molecule has 0 atom stereocenters. The molecular weight excluding hydrogens is 306 g/mol. The van der Waals surface area contributed by atoms with Crippen LogP contribution in [0.3, 0.4) is 0 Å². The SMILES string of the molecule is O=C(/C=C/c1ccc(Cl)s1)Nc1ccsc1C(=O)O. The first-order valence-electron chi connectivity index (χ1n) is 5.11. The normalized spacial score (nSPS) is 10.8. The van der Waals surface area contributed by atoms with Gasteiger partial charge >= 0.3 is 5.97 Å². The molecule has 1 amide bonds. The maximum Gasteiger partial charge on any atom is 0.348 e. The minimum absolute atomic E-state index is 0.112. The lowest BCUT2D eigenvalue weighted by Crippen LogP contribution is -2.09. The molecule has 0 unspecified atom stereocenters. The minimum Gasteiger partial charge on any atom is -0.477 e. The zero-order valence-electron chi connectivity index (χ0n) is 9.42. The van der Waals surface area contributed by atoms with Gasteiger partial charge in [-0.05, 0) is 29.7 Å². The second-order valence-electron chi connectivity index (χ2n) is 3.43. The summed E-state index contributed by atoms with van der Waals surface area (Å²) in [7, 11) is 0. The number of carboxylic acid groups (broad SMARTS) is 1. The first kappa shape index (κ1) is 13.8. The molecule has 0 aliphatic heterocycles. The maximum atomic E-state index is 11.7. The second kappa shape index (κ2) is 6.01. The molecule has 2 heterocycles. The van der Waals surface area contributed by atoms with Gasteiger partial charge in [0.2, 0.25) is 5.91 Å². The largest absolute Gasteiger partial charge is 0.477 e. The Kier molecular flexibility index (Phi) is 4.36. The Hall–Kier alpha value is -1.63. The van der Waals surface area contributed by atoms with Crippen LogP contribution in [-0.4, -0.2) is 17.0 Å². The van der Waals surface area contributed by atoms with E-state index >= 15 is 0 Å². The number of aromatic carboxylic acids is 1. The van der Waals surface area contributed by atoms with Gasteiger partial charge in [0.25, 0.3) is 0 Å². The first-order chi connectivity index (χ1) is 9.06. The molecule has 19 heavy (non-hydrogen) atoms. The fourth-order valence-corrected chi connectivity index (χ4v) is 2.97. The minimum atomic E-state index is -1.06. The molecule has 98 valence electrons. The second-order valence-corrected chi connectivity index (χ2v) is 6.10. The van der Waals surface area contributed by atoms with Crippen LogP contribution in [-0.2, 0) is 4.79 Å². The predicted octanol–water partition coefficient (Wildman–Crippen LogP) is 3.81. The van der Waals surface area contributed by atoms with E-state index < -0.39 is 5.97 Å². The molecule has 2 aromatic heterocycles. The number of anilines is 1. The van der Waals surface area contributed by atoms with Gasteiger partial charge in [-0.15, -0.1) is 22.7 Å². The summed E-state index contributed by atoms with van der Waals surface area (Å²) in [6.07, 6.45) is 2.96. The van der Waals surface area contributed by atoms with Crippen LogP contribution in [0, 0.1) is 0 Å². The van der Waals surface area contributed by atoms with Gasteiger partial charge in [-0.25, -0.2) is 4.79 Å². The Balaban J connectivity index is 2.03. The summed E-state index contributed by atoms with van der Waals surface area (Å²) in [5, 5.41) is 13.0. The summed E-state index contributed by atoms with van der Waals surface area (Å²) in [5.41, 5.74) is 0.302. The fourth-order valence-electron chi connectivity index (χ4n) is 1.32. The number of thiophene rings is 2. The van der Waals surface area contributed by atoms with E-state index in [-0.39, 0.29) is 10.8 Å². The zero-order chi connectivity index (χ0) is 13.8. The number of rotatable bonds is 4.